The zero-order valence-electron chi connectivity index (χ0n) is 20.0. The number of nitrogens with two attached hydrogens (primary N) is 1. The third-order valence-electron chi connectivity index (χ3n) is 6.26. The molecule has 3 N–H and O–H groups in total. The van der Waals surface area contributed by atoms with E-state index in [1.807, 2.05) is 37.3 Å². The summed E-state index contributed by atoms with van der Waals surface area (Å²) in [6, 6.07) is 13.4. The number of amides is 1. The number of rotatable bonds is 6. The maximum absolute atomic E-state index is 13.2. The van der Waals surface area contributed by atoms with Crippen LogP contribution in [0, 0.1) is 18.3 Å². The fourth-order valence-electron chi connectivity index (χ4n) is 4.56. The lowest BCUT2D eigenvalue weighted by molar-refractivity contribution is -0.116. The largest absolute Gasteiger partial charge is 0.384 e. The van der Waals surface area contributed by atoms with Crippen molar-refractivity contribution in [3.8, 4) is 6.07 Å². The highest BCUT2D eigenvalue weighted by Gasteiger charge is 2.41. The number of hydrogen-bond donors (Lipinski definition) is 2. The Kier molecular flexibility index (Phi) is 7.03. The summed E-state index contributed by atoms with van der Waals surface area (Å²) in [6.07, 6.45) is 5.03. The predicted octanol–water partition coefficient (Wildman–Crippen LogP) is 4.28. The predicted molar refractivity (Wildman–Crippen MR) is 143 cm³/mol. The molecule has 0 bridgehead atoms. The minimum atomic E-state index is -0.565. The highest BCUT2D eigenvalue weighted by Crippen LogP contribution is 2.46. The van der Waals surface area contributed by atoms with Gasteiger partial charge >= 0.3 is 0 Å². The number of nitrogens with one attached hydrogen (secondary N) is 1. The second kappa shape index (κ2) is 10.5. The lowest BCUT2D eigenvalue weighted by atomic mass is 9.76. The number of allylic oxidation sites excluding steroid dienone is 3. The van der Waals surface area contributed by atoms with Crippen LogP contribution in [0.25, 0.3) is 0 Å². The Morgan fingerprint density at radius 2 is 2.11 bits per heavy atom. The zero-order chi connectivity index (χ0) is 25.9. The van der Waals surface area contributed by atoms with Crippen molar-refractivity contribution < 1.29 is 9.59 Å². The average molecular weight is 530 g/mol. The molecule has 0 radical (unpaired) electrons. The smallest absolute Gasteiger partial charge is 0.234 e. The highest BCUT2D eigenvalue weighted by molar-refractivity contribution is 8.01. The van der Waals surface area contributed by atoms with Crippen LogP contribution in [0.3, 0.4) is 0 Å². The van der Waals surface area contributed by atoms with Crippen molar-refractivity contribution >= 4 is 45.6 Å². The van der Waals surface area contributed by atoms with E-state index in [2.05, 4.69) is 26.6 Å². The lowest BCUT2D eigenvalue weighted by Crippen LogP contribution is -2.38. The minimum absolute atomic E-state index is 0.00709. The van der Waals surface area contributed by atoms with Crippen LogP contribution >= 0.6 is 23.1 Å². The van der Waals surface area contributed by atoms with Gasteiger partial charge in [0.25, 0.3) is 0 Å². The molecular weight excluding hydrogens is 506 g/mol. The fourth-order valence-corrected chi connectivity index (χ4v) is 6.24. The van der Waals surface area contributed by atoms with E-state index in [0.29, 0.717) is 34.3 Å². The molecule has 2 aromatic heterocycles. The van der Waals surface area contributed by atoms with Gasteiger partial charge in [-0.05, 0) is 43.0 Å². The van der Waals surface area contributed by atoms with Crippen LogP contribution in [0.2, 0.25) is 0 Å². The van der Waals surface area contributed by atoms with Gasteiger partial charge in [0.05, 0.1) is 23.3 Å². The molecule has 0 saturated heterocycles. The van der Waals surface area contributed by atoms with Crippen molar-refractivity contribution in [2.75, 3.05) is 16.0 Å². The lowest BCUT2D eigenvalue weighted by Gasteiger charge is -2.37. The number of ketones is 1. The Morgan fingerprint density at radius 1 is 1.27 bits per heavy atom. The van der Waals surface area contributed by atoms with E-state index in [1.54, 1.807) is 23.4 Å². The van der Waals surface area contributed by atoms with Crippen LogP contribution in [-0.2, 0) is 9.59 Å². The Morgan fingerprint density at radius 3 is 2.86 bits per heavy atom. The summed E-state index contributed by atoms with van der Waals surface area (Å²) < 4.78 is 0.583. The van der Waals surface area contributed by atoms with Crippen molar-refractivity contribution in [3.63, 3.8) is 0 Å². The molecule has 1 unspecified atom stereocenters. The number of aryl methyl sites for hydroxylation is 1. The molecule has 0 fully saturated rings. The first-order valence-corrected chi connectivity index (χ1v) is 13.5. The number of pyridine rings is 1. The van der Waals surface area contributed by atoms with Crippen molar-refractivity contribution in [2.45, 2.75) is 36.4 Å². The first-order valence-electron chi connectivity index (χ1n) is 11.7. The summed E-state index contributed by atoms with van der Waals surface area (Å²) in [7, 11) is 0. The van der Waals surface area contributed by atoms with E-state index in [1.165, 1.54) is 23.1 Å². The third-order valence-corrected chi connectivity index (χ3v) is 8.31. The standard InChI is InChI=1S/C26H23N7O2S2/c1-15-6-2-3-8-18(15)30-21(35)14-36-26-32-31-25(37-26)33-19-9-4-10-20(34)23(19)22(17(12-27)24(33)28)16-7-5-11-29-13-16/h2-3,5-8,11,13,22H,4,9-10,14,28H2,1H3,(H,30,35). The van der Waals surface area contributed by atoms with Gasteiger partial charge in [-0.3, -0.25) is 19.5 Å². The molecule has 3 heterocycles. The third kappa shape index (κ3) is 4.85. The highest BCUT2D eigenvalue weighted by atomic mass is 32.2. The molecule has 37 heavy (non-hydrogen) atoms. The van der Waals surface area contributed by atoms with Gasteiger partial charge in [0.2, 0.25) is 11.0 Å². The monoisotopic (exact) mass is 529 g/mol. The number of benzene rings is 1. The van der Waals surface area contributed by atoms with Crippen LogP contribution in [-0.4, -0.2) is 32.6 Å². The average Bonchev–Trinajstić information content (AvgIpc) is 3.37. The van der Waals surface area contributed by atoms with E-state index in [4.69, 9.17) is 5.73 Å². The van der Waals surface area contributed by atoms with Gasteiger partial charge in [0, 0.05) is 35.8 Å². The SMILES string of the molecule is Cc1ccccc1NC(=O)CSc1nnc(N2C(N)=C(C#N)C(c3cccnc3)C3=C2CCCC3=O)s1. The van der Waals surface area contributed by atoms with Gasteiger partial charge in [-0.15, -0.1) is 10.2 Å². The molecule has 186 valence electrons. The molecule has 1 aliphatic heterocycles. The molecule has 0 spiro atoms. The number of anilines is 2. The molecule has 1 aromatic carbocycles. The summed E-state index contributed by atoms with van der Waals surface area (Å²) in [6.45, 7) is 1.93. The minimum Gasteiger partial charge on any atom is -0.384 e. The van der Waals surface area contributed by atoms with Crippen LogP contribution < -0.4 is 16.0 Å². The number of nitrogens with zero attached hydrogens (tertiary/aromatic N) is 5. The number of thioether (sulfide) groups is 1. The maximum atomic E-state index is 13.2. The number of para-hydroxylation sites is 1. The quantitative estimate of drug-likeness (QED) is 0.448. The number of Topliss-reactive ketones (excluding diaryl/α,β-unsaturated/α-hetero) is 1. The number of carbonyl (C=O) groups excluding carboxylic acids is 2. The summed E-state index contributed by atoms with van der Waals surface area (Å²) in [4.78, 5) is 31.5. The summed E-state index contributed by atoms with van der Waals surface area (Å²) in [5.74, 6) is -0.332. The van der Waals surface area contributed by atoms with Gasteiger partial charge in [-0.2, -0.15) is 5.26 Å². The fraction of sp³-hybridized carbons (Fsp3) is 0.231. The Hall–Kier alpha value is -4.01. The summed E-state index contributed by atoms with van der Waals surface area (Å²) >= 11 is 2.53. The zero-order valence-corrected chi connectivity index (χ0v) is 21.6. The van der Waals surface area contributed by atoms with Crippen molar-refractivity contribution in [3.05, 3.63) is 82.6 Å². The Labute approximate surface area is 222 Å². The van der Waals surface area contributed by atoms with Crippen LogP contribution in [0.15, 0.2) is 75.8 Å². The normalized spacial score (nSPS) is 17.5. The van der Waals surface area contributed by atoms with Crippen LogP contribution in [0.1, 0.15) is 36.3 Å². The molecular formula is C26H23N7O2S2. The molecule has 11 heteroatoms. The van der Waals surface area contributed by atoms with Crippen LogP contribution in [0.5, 0.6) is 0 Å². The molecule has 1 amide bonds. The molecule has 1 aliphatic carbocycles. The number of nitriles is 1. The molecule has 2 aliphatic rings. The van der Waals surface area contributed by atoms with Gasteiger partial charge < -0.3 is 11.1 Å². The van der Waals surface area contributed by atoms with Crippen molar-refractivity contribution in [2.24, 2.45) is 5.73 Å². The molecule has 5 rings (SSSR count). The van der Waals surface area contributed by atoms with Gasteiger partial charge in [-0.25, -0.2) is 0 Å². The van der Waals surface area contributed by atoms with E-state index >= 15 is 0 Å². The maximum Gasteiger partial charge on any atom is 0.234 e. The molecule has 3 aromatic rings. The van der Waals surface area contributed by atoms with Crippen molar-refractivity contribution in [1.82, 2.24) is 15.2 Å². The van der Waals surface area contributed by atoms with Gasteiger partial charge in [0.1, 0.15) is 5.82 Å². The first-order chi connectivity index (χ1) is 18.0. The summed E-state index contributed by atoms with van der Waals surface area (Å²) in [5, 5.41) is 22.0. The Bertz CT molecular complexity index is 1470. The van der Waals surface area contributed by atoms with Gasteiger partial charge in [0.15, 0.2) is 10.1 Å². The first kappa shape index (κ1) is 24.7. The number of hydrogen-bond acceptors (Lipinski definition) is 10. The molecule has 1 atom stereocenters. The van der Waals surface area contributed by atoms with Crippen molar-refractivity contribution in [1.29, 1.82) is 5.26 Å². The number of carbonyl (C=O) groups is 2. The number of aromatic nitrogens is 3. The topological polar surface area (TPSA) is 138 Å². The van der Waals surface area contributed by atoms with E-state index in [9.17, 15) is 14.9 Å². The van der Waals surface area contributed by atoms with E-state index < -0.39 is 5.92 Å². The second-order valence-corrected chi connectivity index (χ2v) is 10.8. The second-order valence-electron chi connectivity index (χ2n) is 8.60. The van der Waals surface area contributed by atoms with Crippen LogP contribution in [0.4, 0.5) is 10.8 Å². The van der Waals surface area contributed by atoms with E-state index in [0.717, 1.165) is 22.5 Å². The van der Waals surface area contributed by atoms with Gasteiger partial charge in [-0.1, -0.05) is 47.4 Å². The van der Waals surface area contributed by atoms with E-state index in [-0.39, 0.29) is 28.8 Å². The molecule has 0 saturated carbocycles. The molecule has 9 nitrogen and oxygen atoms in total. The Balaban J connectivity index is 1.42. The summed E-state index contributed by atoms with van der Waals surface area (Å²) in [5.41, 5.74) is 10.6.